The fourth-order valence-electron chi connectivity index (χ4n) is 4.55. The maximum Gasteiger partial charge on any atom is 0.319 e. The summed E-state index contributed by atoms with van der Waals surface area (Å²) in [5, 5.41) is 5.60. The number of carbonyl (C=O) groups is 2. The van der Waals surface area contributed by atoms with Crippen molar-refractivity contribution < 1.29 is 32.2 Å². The Hall–Kier alpha value is -2.57. The van der Waals surface area contributed by atoms with E-state index >= 15 is 0 Å². The summed E-state index contributed by atoms with van der Waals surface area (Å²) >= 11 is 0. The molecule has 3 aliphatic rings. The van der Waals surface area contributed by atoms with Crippen LogP contribution in [0.2, 0.25) is 0 Å². The van der Waals surface area contributed by atoms with Gasteiger partial charge in [0.25, 0.3) is 0 Å². The lowest BCUT2D eigenvalue weighted by molar-refractivity contribution is -0.148. The van der Waals surface area contributed by atoms with Crippen LogP contribution in [0.4, 0.5) is 10.5 Å². The number of sulfonamides is 1. The molecule has 188 valence electrons. The van der Waals surface area contributed by atoms with Gasteiger partial charge >= 0.3 is 6.03 Å². The third kappa shape index (κ3) is 5.39. The number of morpholine rings is 1. The highest BCUT2D eigenvalue weighted by Crippen LogP contribution is 2.36. The van der Waals surface area contributed by atoms with E-state index in [1.54, 1.807) is 23.1 Å². The van der Waals surface area contributed by atoms with Gasteiger partial charge in [-0.05, 0) is 31.4 Å². The van der Waals surface area contributed by atoms with Crippen molar-refractivity contribution in [2.45, 2.75) is 26.2 Å². The van der Waals surface area contributed by atoms with Crippen LogP contribution in [0.5, 0.6) is 11.5 Å². The van der Waals surface area contributed by atoms with Gasteiger partial charge < -0.3 is 29.7 Å². The number of urea groups is 1. The highest BCUT2D eigenvalue weighted by molar-refractivity contribution is 7.89. The predicted octanol–water partition coefficient (Wildman–Crippen LogP) is 1.22. The number of benzene rings is 1. The number of amides is 3. The number of nitrogens with one attached hydrogen (secondary N) is 2. The lowest BCUT2D eigenvalue weighted by Crippen LogP contribution is -2.57. The number of hydrogen-bond acceptors (Lipinski definition) is 7. The zero-order valence-electron chi connectivity index (χ0n) is 19.4. The Kier molecular flexibility index (Phi) is 7.48. The van der Waals surface area contributed by atoms with Crippen LogP contribution < -0.4 is 20.1 Å². The van der Waals surface area contributed by atoms with E-state index < -0.39 is 21.5 Å². The largest absolute Gasteiger partial charge is 0.454 e. The number of anilines is 1. The molecule has 2 N–H and O–H groups in total. The number of hydrogen-bond donors (Lipinski definition) is 2. The van der Waals surface area contributed by atoms with Crippen molar-refractivity contribution in [3.63, 3.8) is 0 Å². The normalized spacial score (nSPS) is 20.1. The molecule has 3 aliphatic heterocycles. The van der Waals surface area contributed by atoms with Gasteiger partial charge in [0.15, 0.2) is 11.5 Å². The molecule has 0 aromatic heterocycles. The summed E-state index contributed by atoms with van der Waals surface area (Å²) in [6.45, 7) is 4.50. The lowest BCUT2D eigenvalue weighted by Gasteiger charge is -2.43. The van der Waals surface area contributed by atoms with Crippen molar-refractivity contribution in [1.82, 2.24) is 14.5 Å². The lowest BCUT2D eigenvalue weighted by atomic mass is 9.77. The number of ether oxygens (including phenoxy) is 3. The van der Waals surface area contributed by atoms with Crippen LogP contribution in [0, 0.1) is 5.41 Å². The summed E-state index contributed by atoms with van der Waals surface area (Å²) in [6.07, 6.45) is 1.23. The molecule has 1 aromatic carbocycles. The fourth-order valence-corrected chi connectivity index (χ4v) is 6.06. The number of carbonyl (C=O) groups excluding carboxylic acids is 2. The van der Waals surface area contributed by atoms with E-state index in [0.29, 0.717) is 62.8 Å². The molecule has 3 amide bonds. The van der Waals surface area contributed by atoms with Gasteiger partial charge in [-0.15, -0.1) is 0 Å². The van der Waals surface area contributed by atoms with E-state index in [1.807, 2.05) is 6.92 Å². The molecule has 3 heterocycles. The van der Waals surface area contributed by atoms with Crippen molar-refractivity contribution in [3.05, 3.63) is 18.2 Å². The number of rotatable bonds is 7. The number of nitrogens with zero attached hydrogens (tertiary/aromatic N) is 2. The highest BCUT2D eigenvalue weighted by Gasteiger charge is 2.45. The minimum absolute atomic E-state index is 0.0632. The molecule has 2 saturated heterocycles. The molecule has 4 rings (SSSR count). The molecule has 0 saturated carbocycles. The van der Waals surface area contributed by atoms with E-state index in [4.69, 9.17) is 14.2 Å². The minimum atomic E-state index is -3.34. The monoisotopic (exact) mass is 496 g/mol. The molecule has 2 fully saturated rings. The van der Waals surface area contributed by atoms with Gasteiger partial charge in [0, 0.05) is 44.5 Å². The zero-order chi connectivity index (χ0) is 24.2. The van der Waals surface area contributed by atoms with Gasteiger partial charge in [-0.1, -0.05) is 6.92 Å². The van der Waals surface area contributed by atoms with Crippen molar-refractivity contribution in [2.24, 2.45) is 5.41 Å². The minimum Gasteiger partial charge on any atom is -0.454 e. The first-order valence-electron chi connectivity index (χ1n) is 11.6. The molecule has 0 atom stereocenters. The quantitative estimate of drug-likeness (QED) is 0.581. The molecule has 34 heavy (non-hydrogen) atoms. The van der Waals surface area contributed by atoms with Crippen LogP contribution in [-0.4, -0.2) is 88.0 Å². The van der Waals surface area contributed by atoms with E-state index in [2.05, 4.69) is 10.6 Å². The van der Waals surface area contributed by atoms with E-state index in [1.165, 1.54) is 4.31 Å². The summed E-state index contributed by atoms with van der Waals surface area (Å²) in [5.74, 6) is 1.20. The second kappa shape index (κ2) is 10.4. The van der Waals surface area contributed by atoms with Crippen molar-refractivity contribution in [3.8, 4) is 11.5 Å². The molecule has 1 aromatic rings. The maximum atomic E-state index is 13.6. The number of piperidine rings is 1. The van der Waals surface area contributed by atoms with Crippen LogP contribution >= 0.6 is 0 Å². The standard InChI is InChI=1S/C22H32N4O7S/c1-2-13-34(29,30)26-7-5-22(6-8-26,20(27)25-9-11-31-12-10-25)15-23-21(28)24-17-3-4-18-19(14-17)33-16-32-18/h3-4,14H,2,5-13,15-16H2,1H3,(H2,23,24,28). The van der Waals surface area contributed by atoms with E-state index in [9.17, 15) is 18.0 Å². The second-order valence-corrected chi connectivity index (χ2v) is 10.9. The SMILES string of the molecule is CCCS(=O)(=O)N1CCC(CNC(=O)Nc2ccc3c(c2)OCO3)(C(=O)N2CCOCC2)CC1. The zero-order valence-corrected chi connectivity index (χ0v) is 20.2. The molecule has 11 nitrogen and oxygen atoms in total. The van der Waals surface area contributed by atoms with Crippen LogP contribution in [0.15, 0.2) is 18.2 Å². The van der Waals surface area contributed by atoms with E-state index in [0.717, 1.165) is 0 Å². The maximum absolute atomic E-state index is 13.6. The van der Waals surface area contributed by atoms with Crippen LogP contribution in [0.25, 0.3) is 0 Å². The molecule has 0 unspecified atom stereocenters. The number of fused-ring (bicyclic) bond motifs is 1. The Bertz CT molecular complexity index is 1000. The Morgan fingerprint density at radius 1 is 1.06 bits per heavy atom. The first kappa shape index (κ1) is 24.6. The predicted molar refractivity (Wildman–Crippen MR) is 124 cm³/mol. The smallest absolute Gasteiger partial charge is 0.319 e. The highest BCUT2D eigenvalue weighted by atomic mass is 32.2. The van der Waals surface area contributed by atoms with E-state index in [-0.39, 0.29) is 38.1 Å². The summed E-state index contributed by atoms with van der Waals surface area (Å²) in [6, 6.07) is 4.65. The van der Waals surface area contributed by atoms with Gasteiger partial charge in [-0.2, -0.15) is 0 Å². The molecular weight excluding hydrogens is 464 g/mol. The Morgan fingerprint density at radius 2 is 1.76 bits per heavy atom. The molecule has 0 radical (unpaired) electrons. The third-order valence-electron chi connectivity index (χ3n) is 6.50. The van der Waals surface area contributed by atoms with Gasteiger partial charge in [-0.3, -0.25) is 4.79 Å². The Morgan fingerprint density at radius 3 is 2.47 bits per heavy atom. The topological polar surface area (TPSA) is 127 Å². The van der Waals surface area contributed by atoms with Crippen LogP contribution in [0.1, 0.15) is 26.2 Å². The third-order valence-corrected chi connectivity index (χ3v) is 8.58. The van der Waals surface area contributed by atoms with Crippen LogP contribution in [-0.2, 0) is 19.6 Å². The summed E-state index contributed by atoms with van der Waals surface area (Å²) in [5.41, 5.74) is -0.335. The Balaban J connectivity index is 1.43. The molecular formula is C22H32N4O7S. The molecule has 0 spiro atoms. The first-order chi connectivity index (χ1) is 16.3. The Labute approximate surface area is 199 Å². The first-order valence-corrected chi connectivity index (χ1v) is 13.2. The molecule has 0 aliphatic carbocycles. The van der Waals surface area contributed by atoms with Crippen molar-refractivity contribution >= 4 is 27.6 Å². The van der Waals surface area contributed by atoms with Gasteiger partial charge in [-0.25, -0.2) is 17.5 Å². The van der Waals surface area contributed by atoms with Gasteiger partial charge in [0.1, 0.15) is 0 Å². The molecule has 12 heteroatoms. The average molecular weight is 497 g/mol. The second-order valence-electron chi connectivity index (χ2n) is 8.78. The summed E-state index contributed by atoms with van der Waals surface area (Å²) in [7, 11) is -3.34. The van der Waals surface area contributed by atoms with Gasteiger partial charge in [0.2, 0.25) is 22.7 Å². The van der Waals surface area contributed by atoms with Crippen molar-refractivity contribution in [1.29, 1.82) is 0 Å². The average Bonchev–Trinajstić information content (AvgIpc) is 3.31. The summed E-state index contributed by atoms with van der Waals surface area (Å²) < 4.78 is 42.5. The summed E-state index contributed by atoms with van der Waals surface area (Å²) in [4.78, 5) is 28.0. The van der Waals surface area contributed by atoms with Gasteiger partial charge in [0.05, 0.1) is 24.4 Å². The van der Waals surface area contributed by atoms with Crippen LogP contribution in [0.3, 0.4) is 0 Å². The van der Waals surface area contributed by atoms with Crippen molar-refractivity contribution in [2.75, 3.05) is 63.8 Å². The molecule has 0 bridgehead atoms. The fraction of sp³-hybridized carbons (Fsp3) is 0.636.